The molecule has 1 N–H and O–H groups in total. The van der Waals surface area contributed by atoms with Gasteiger partial charge in [-0.1, -0.05) is 12.1 Å². The number of aromatic nitrogens is 6. The van der Waals surface area contributed by atoms with Crippen LogP contribution in [0.4, 0.5) is 8.78 Å². The van der Waals surface area contributed by atoms with Crippen LogP contribution in [0.5, 0.6) is 5.75 Å². The number of benzene rings is 1. The highest BCUT2D eigenvalue weighted by Crippen LogP contribution is 2.40. The van der Waals surface area contributed by atoms with Crippen LogP contribution in [0.15, 0.2) is 30.3 Å². The average Bonchev–Trinajstić information content (AvgIpc) is 3.18. The van der Waals surface area contributed by atoms with Crippen molar-refractivity contribution in [3.63, 3.8) is 0 Å². The van der Waals surface area contributed by atoms with Gasteiger partial charge in [-0.15, -0.1) is 5.10 Å². The molecule has 2 aromatic heterocycles. The van der Waals surface area contributed by atoms with Crippen LogP contribution in [0.2, 0.25) is 0 Å². The zero-order chi connectivity index (χ0) is 24.4. The van der Waals surface area contributed by atoms with Gasteiger partial charge in [-0.2, -0.15) is 5.10 Å². The number of nitrogens with one attached hydrogen (secondary N) is 1. The van der Waals surface area contributed by atoms with E-state index in [1.54, 1.807) is 4.68 Å². The third-order valence-electron chi connectivity index (χ3n) is 6.24. The molecule has 9 nitrogen and oxygen atoms in total. The van der Waals surface area contributed by atoms with Crippen LogP contribution in [0, 0.1) is 0 Å². The van der Waals surface area contributed by atoms with Gasteiger partial charge in [0.25, 0.3) is 6.43 Å². The first-order valence-corrected chi connectivity index (χ1v) is 12.2. The van der Waals surface area contributed by atoms with E-state index in [2.05, 4.69) is 25.9 Å². The summed E-state index contributed by atoms with van der Waals surface area (Å²) in [7, 11) is 0. The molecule has 0 spiro atoms. The van der Waals surface area contributed by atoms with Crippen molar-refractivity contribution in [2.24, 2.45) is 0 Å². The van der Waals surface area contributed by atoms with E-state index in [0.29, 0.717) is 37.2 Å². The van der Waals surface area contributed by atoms with E-state index in [4.69, 9.17) is 9.47 Å². The molecule has 0 amide bonds. The first-order chi connectivity index (χ1) is 17.0. The van der Waals surface area contributed by atoms with Crippen LogP contribution >= 0.6 is 0 Å². The molecule has 1 aromatic carbocycles. The maximum atomic E-state index is 13.5. The van der Waals surface area contributed by atoms with Crippen LogP contribution in [-0.4, -0.2) is 55.7 Å². The number of ether oxygens (including phenoxy) is 2. The first kappa shape index (κ1) is 23.8. The molecule has 2 fully saturated rings. The maximum Gasteiger partial charge on any atom is 0.257 e. The zero-order valence-electron chi connectivity index (χ0n) is 20.0. The minimum Gasteiger partial charge on any atom is -0.491 e. The number of hydrogen-bond donors (Lipinski definition) is 1. The minimum atomic E-state index is -2.52. The van der Waals surface area contributed by atoms with Crippen molar-refractivity contribution in [1.82, 2.24) is 35.3 Å². The molecular formula is C24H31F2N7O2. The first-order valence-electron chi connectivity index (χ1n) is 12.2. The summed E-state index contributed by atoms with van der Waals surface area (Å²) in [6.45, 7) is 5.10. The predicted molar refractivity (Wildman–Crippen MR) is 123 cm³/mol. The molecule has 35 heavy (non-hydrogen) atoms. The third-order valence-corrected chi connectivity index (χ3v) is 6.24. The molecule has 1 aliphatic carbocycles. The number of hydrogen-bond acceptors (Lipinski definition) is 7. The molecule has 0 radical (unpaired) electrons. The van der Waals surface area contributed by atoms with Gasteiger partial charge in [-0.25, -0.2) is 13.5 Å². The fraction of sp³-hybridized carbons (Fsp3) is 0.583. The number of halogens is 2. The number of nitrogens with zero attached hydrogens (tertiary/aromatic N) is 6. The second kappa shape index (κ2) is 10.4. The topological polar surface area (TPSA) is 91.9 Å². The molecular weight excluding hydrogens is 456 g/mol. The van der Waals surface area contributed by atoms with Gasteiger partial charge >= 0.3 is 0 Å². The van der Waals surface area contributed by atoms with Crippen molar-refractivity contribution in [2.45, 2.75) is 76.7 Å². The molecule has 5 rings (SSSR count). The molecule has 3 aromatic rings. The normalized spacial score (nSPS) is 19.1. The molecule has 3 heterocycles. The van der Waals surface area contributed by atoms with Gasteiger partial charge in [0.1, 0.15) is 18.3 Å². The zero-order valence-corrected chi connectivity index (χ0v) is 20.0. The highest BCUT2D eigenvalue weighted by Gasteiger charge is 2.33. The van der Waals surface area contributed by atoms with Crippen molar-refractivity contribution in [3.8, 4) is 5.75 Å². The Morgan fingerprint density at radius 1 is 1.20 bits per heavy atom. The highest BCUT2D eigenvalue weighted by molar-refractivity contribution is 5.30. The molecule has 1 aliphatic heterocycles. The Morgan fingerprint density at radius 3 is 2.77 bits per heavy atom. The summed E-state index contributed by atoms with van der Waals surface area (Å²) in [5.74, 6) is 1.67. The molecule has 0 bridgehead atoms. The summed E-state index contributed by atoms with van der Waals surface area (Å²) in [6, 6.07) is 9.23. The Bertz CT molecular complexity index is 1120. The van der Waals surface area contributed by atoms with Gasteiger partial charge in [-0.3, -0.25) is 10.00 Å². The summed E-state index contributed by atoms with van der Waals surface area (Å²) in [5, 5.41) is 20.6. The van der Waals surface area contributed by atoms with Gasteiger partial charge in [-0.05, 0) is 67.3 Å². The number of rotatable bonds is 11. The lowest BCUT2D eigenvalue weighted by molar-refractivity contribution is 0.119. The van der Waals surface area contributed by atoms with E-state index in [1.807, 2.05) is 44.2 Å². The monoisotopic (exact) mass is 487 g/mol. The van der Waals surface area contributed by atoms with Crippen LogP contribution in [0.3, 0.4) is 0 Å². The van der Waals surface area contributed by atoms with E-state index in [-0.39, 0.29) is 12.1 Å². The van der Waals surface area contributed by atoms with Crippen molar-refractivity contribution in [2.75, 3.05) is 13.2 Å². The molecule has 1 saturated heterocycles. The summed E-state index contributed by atoms with van der Waals surface area (Å²) in [4.78, 5) is 0. The van der Waals surface area contributed by atoms with E-state index in [9.17, 15) is 8.78 Å². The van der Waals surface area contributed by atoms with Crippen LogP contribution in [0.1, 0.15) is 73.9 Å². The largest absolute Gasteiger partial charge is 0.491 e. The minimum absolute atomic E-state index is 0.00134. The van der Waals surface area contributed by atoms with E-state index < -0.39 is 19.0 Å². The second-order valence-corrected chi connectivity index (χ2v) is 9.47. The summed E-state index contributed by atoms with van der Waals surface area (Å²) in [5.41, 5.74) is 2.48. The predicted octanol–water partition coefficient (Wildman–Crippen LogP) is 3.64. The van der Waals surface area contributed by atoms with E-state index >= 15 is 0 Å². The maximum absolute atomic E-state index is 13.5. The number of alkyl halides is 2. The van der Waals surface area contributed by atoms with Crippen molar-refractivity contribution in [3.05, 3.63) is 53.1 Å². The molecule has 2 aliphatic rings. The molecule has 2 atom stereocenters. The van der Waals surface area contributed by atoms with Crippen molar-refractivity contribution < 1.29 is 18.3 Å². The van der Waals surface area contributed by atoms with Gasteiger partial charge < -0.3 is 9.47 Å². The lowest BCUT2D eigenvalue weighted by Crippen LogP contribution is -2.30. The lowest BCUT2D eigenvalue weighted by atomic mass is 10.1. The fourth-order valence-corrected chi connectivity index (χ4v) is 4.45. The molecule has 11 heteroatoms. The Morgan fingerprint density at radius 2 is 2.06 bits per heavy atom. The standard InChI is InChI=1S/C24H31F2N7O2/c1-15(2)35-19-5-3-4-16(10-19)12-27-23(24-28-30-31-33(24)18-8-9-34-14-18)21-11-20(17-6-7-17)29-32(21)13-22(25)26/h3-5,10-11,15,17-18,22-23,27H,6-9,12-14H2,1-2H3. The molecule has 188 valence electrons. The van der Waals surface area contributed by atoms with Crippen molar-refractivity contribution >= 4 is 0 Å². The summed E-state index contributed by atoms with van der Waals surface area (Å²) >= 11 is 0. The molecule has 2 unspecified atom stereocenters. The van der Waals surface area contributed by atoms with Crippen molar-refractivity contribution in [1.29, 1.82) is 0 Å². The van der Waals surface area contributed by atoms with Crippen LogP contribution in [-0.2, 0) is 17.8 Å². The SMILES string of the molecule is CC(C)Oc1cccc(CNC(c2cc(C3CC3)nn2CC(F)F)c2nnnn2C2CCOC2)c1. The van der Waals surface area contributed by atoms with Gasteiger partial charge in [0.15, 0.2) is 5.82 Å². The van der Waals surface area contributed by atoms with E-state index in [1.165, 1.54) is 4.68 Å². The van der Waals surface area contributed by atoms with Gasteiger partial charge in [0, 0.05) is 19.1 Å². The van der Waals surface area contributed by atoms with E-state index in [0.717, 1.165) is 36.3 Å². The van der Waals surface area contributed by atoms with Crippen LogP contribution < -0.4 is 10.1 Å². The third kappa shape index (κ3) is 5.67. The second-order valence-electron chi connectivity index (χ2n) is 9.47. The Labute approximate surface area is 202 Å². The highest BCUT2D eigenvalue weighted by atomic mass is 19.3. The Kier molecular flexibility index (Phi) is 7.05. The quantitative estimate of drug-likeness (QED) is 0.442. The van der Waals surface area contributed by atoms with Gasteiger partial charge in [0.2, 0.25) is 0 Å². The number of tetrazole rings is 1. The Balaban J connectivity index is 1.48. The summed E-state index contributed by atoms with van der Waals surface area (Å²) < 4.78 is 41.6. The molecule has 1 saturated carbocycles. The average molecular weight is 488 g/mol. The van der Waals surface area contributed by atoms with Crippen LogP contribution in [0.25, 0.3) is 0 Å². The smallest absolute Gasteiger partial charge is 0.257 e. The van der Waals surface area contributed by atoms with Gasteiger partial charge in [0.05, 0.1) is 30.1 Å². The Hall–Kier alpha value is -2.92. The summed E-state index contributed by atoms with van der Waals surface area (Å²) in [6.07, 6.45) is 0.397. The lowest BCUT2D eigenvalue weighted by Gasteiger charge is -2.21. The fourth-order valence-electron chi connectivity index (χ4n) is 4.45.